The molecule has 0 bridgehead atoms. The van der Waals surface area contributed by atoms with Crippen molar-refractivity contribution in [3.63, 3.8) is 0 Å². The summed E-state index contributed by atoms with van der Waals surface area (Å²) in [5.41, 5.74) is 9.91. The monoisotopic (exact) mass is 244 g/mol. The van der Waals surface area contributed by atoms with Crippen molar-refractivity contribution in [2.24, 2.45) is 0 Å². The molecule has 2 rings (SSSR count). The van der Waals surface area contributed by atoms with Gasteiger partial charge in [-0.05, 0) is 49.1 Å². The third kappa shape index (κ3) is 2.94. The van der Waals surface area contributed by atoms with Crippen molar-refractivity contribution in [1.29, 1.82) is 0 Å². The van der Waals surface area contributed by atoms with E-state index in [2.05, 4.69) is 42.8 Å². The largest absolute Gasteiger partial charge is 0.399 e. The summed E-state index contributed by atoms with van der Waals surface area (Å²) >= 11 is 1.74. The van der Waals surface area contributed by atoms with Gasteiger partial charge >= 0.3 is 0 Å². The maximum Gasteiger partial charge on any atom is 0.0434 e. The molecule has 0 radical (unpaired) electrons. The van der Waals surface area contributed by atoms with Crippen LogP contribution in [-0.4, -0.2) is 6.26 Å². The second-order valence-corrected chi connectivity index (χ2v) is 4.81. The van der Waals surface area contributed by atoms with Crippen LogP contribution in [0.2, 0.25) is 0 Å². The molecule has 0 saturated heterocycles. The lowest BCUT2D eigenvalue weighted by atomic mass is 10.1. The van der Waals surface area contributed by atoms with E-state index < -0.39 is 0 Å². The zero-order valence-corrected chi connectivity index (χ0v) is 10.8. The molecule has 2 aromatic rings. The molecule has 0 aliphatic rings. The third-order valence-corrected chi connectivity index (χ3v) is 3.34. The Morgan fingerprint density at radius 3 is 2.71 bits per heavy atom. The maximum atomic E-state index is 5.79. The van der Waals surface area contributed by atoms with Crippen molar-refractivity contribution >= 4 is 28.8 Å². The zero-order chi connectivity index (χ0) is 12.3. The van der Waals surface area contributed by atoms with Crippen LogP contribution in [0.1, 0.15) is 5.56 Å². The molecule has 0 spiro atoms. The van der Waals surface area contributed by atoms with Crippen LogP contribution in [0.25, 0.3) is 0 Å². The standard InChI is InChI=1S/C14H16N2S/c1-10-6-7-11(15)8-14(10)16-12-4-3-5-13(9-12)17-2/h3-9,16H,15H2,1-2H3. The molecule has 0 atom stereocenters. The van der Waals surface area contributed by atoms with Crippen molar-refractivity contribution < 1.29 is 0 Å². The van der Waals surface area contributed by atoms with Crippen LogP contribution in [0, 0.1) is 6.92 Å². The lowest BCUT2D eigenvalue weighted by molar-refractivity contribution is 1.40. The maximum absolute atomic E-state index is 5.79. The first-order valence-corrected chi connectivity index (χ1v) is 6.69. The van der Waals surface area contributed by atoms with Gasteiger partial charge in [0.15, 0.2) is 0 Å². The molecule has 2 aromatic carbocycles. The average Bonchev–Trinajstić information content (AvgIpc) is 2.34. The van der Waals surface area contributed by atoms with Crippen LogP contribution in [-0.2, 0) is 0 Å². The van der Waals surface area contributed by atoms with E-state index in [1.807, 2.05) is 18.2 Å². The molecule has 0 aromatic heterocycles. The van der Waals surface area contributed by atoms with Crippen LogP contribution in [0.3, 0.4) is 0 Å². The highest BCUT2D eigenvalue weighted by Gasteiger charge is 2.00. The van der Waals surface area contributed by atoms with E-state index in [1.54, 1.807) is 11.8 Å². The Morgan fingerprint density at radius 1 is 1.12 bits per heavy atom. The normalized spacial score (nSPS) is 10.2. The number of aryl methyl sites for hydroxylation is 1. The number of nitrogens with two attached hydrogens (primary N) is 1. The highest BCUT2D eigenvalue weighted by Crippen LogP contribution is 2.25. The minimum atomic E-state index is 0.777. The molecule has 0 unspecified atom stereocenters. The summed E-state index contributed by atoms with van der Waals surface area (Å²) < 4.78 is 0. The van der Waals surface area contributed by atoms with Gasteiger partial charge < -0.3 is 11.1 Å². The Kier molecular flexibility index (Phi) is 3.59. The SMILES string of the molecule is CSc1cccc(Nc2cc(N)ccc2C)c1. The molecule has 2 nitrogen and oxygen atoms in total. The molecular weight excluding hydrogens is 228 g/mol. The highest BCUT2D eigenvalue weighted by molar-refractivity contribution is 7.98. The molecule has 3 heteroatoms. The average molecular weight is 244 g/mol. The predicted octanol–water partition coefficient (Wildman–Crippen LogP) is 4.04. The second kappa shape index (κ2) is 5.15. The first-order chi connectivity index (χ1) is 8.19. The lowest BCUT2D eigenvalue weighted by Gasteiger charge is -2.11. The van der Waals surface area contributed by atoms with E-state index >= 15 is 0 Å². The number of nitrogen functional groups attached to an aromatic ring is 1. The number of hydrogen-bond donors (Lipinski definition) is 2. The van der Waals surface area contributed by atoms with E-state index in [4.69, 9.17) is 5.73 Å². The van der Waals surface area contributed by atoms with Gasteiger partial charge in [0.05, 0.1) is 0 Å². The molecule has 3 N–H and O–H groups in total. The number of nitrogens with one attached hydrogen (secondary N) is 1. The summed E-state index contributed by atoms with van der Waals surface area (Å²) in [5.74, 6) is 0. The topological polar surface area (TPSA) is 38.0 Å². The Labute approximate surface area is 106 Å². The number of thioether (sulfide) groups is 1. The van der Waals surface area contributed by atoms with Gasteiger partial charge in [-0.15, -0.1) is 11.8 Å². The minimum Gasteiger partial charge on any atom is -0.399 e. The van der Waals surface area contributed by atoms with Crippen LogP contribution < -0.4 is 11.1 Å². The van der Waals surface area contributed by atoms with Crippen molar-refractivity contribution in [1.82, 2.24) is 0 Å². The van der Waals surface area contributed by atoms with Crippen LogP contribution in [0.4, 0.5) is 17.1 Å². The van der Waals surface area contributed by atoms with Crippen LogP contribution >= 0.6 is 11.8 Å². The first kappa shape index (κ1) is 11.9. The van der Waals surface area contributed by atoms with E-state index in [0.717, 1.165) is 17.1 Å². The molecule has 0 saturated carbocycles. The third-order valence-electron chi connectivity index (χ3n) is 2.61. The van der Waals surface area contributed by atoms with E-state index in [-0.39, 0.29) is 0 Å². The van der Waals surface area contributed by atoms with Gasteiger partial charge in [-0.2, -0.15) is 0 Å². The number of hydrogen-bond acceptors (Lipinski definition) is 3. The zero-order valence-electron chi connectivity index (χ0n) is 10.0. The Hall–Kier alpha value is -1.61. The second-order valence-electron chi connectivity index (χ2n) is 3.93. The van der Waals surface area contributed by atoms with E-state index in [9.17, 15) is 0 Å². The van der Waals surface area contributed by atoms with Gasteiger partial charge in [0.1, 0.15) is 0 Å². The van der Waals surface area contributed by atoms with Gasteiger partial charge in [0.2, 0.25) is 0 Å². The minimum absolute atomic E-state index is 0.777. The molecule has 0 heterocycles. The van der Waals surface area contributed by atoms with Crippen molar-refractivity contribution in [2.75, 3.05) is 17.3 Å². The molecular formula is C14H16N2S. The van der Waals surface area contributed by atoms with Gasteiger partial charge in [-0.25, -0.2) is 0 Å². The van der Waals surface area contributed by atoms with Crippen molar-refractivity contribution in [2.45, 2.75) is 11.8 Å². The quantitative estimate of drug-likeness (QED) is 0.632. The lowest BCUT2D eigenvalue weighted by Crippen LogP contribution is -1.95. The summed E-state index contributed by atoms with van der Waals surface area (Å²) in [6.45, 7) is 2.07. The number of anilines is 3. The fraction of sp³-hybridized carbons (Fsp3) is 0.143. The van der Waals surface area contributed by atoms with E-state index in [0.29, 0.717) is 0 Å². The summed E-state index contributed by atoms with van der Waals surface area (Å²) in [5, 5.41) is 3.39. The molecule has 0 aliphatic heterocycles. The summed E-state index contributed by atoms with van der Waals surface area (Å²) in [6, 6.07) is 14.2. The molecule has 17 heavy (non-hydrogen) atoms. The smallest absolute Gasteiger partial charge is 0.0434 e. The summed E-state index contributed by atoms with van der Waals surface area (Å²) in [7, 11) is 0. The van der Waals surface area contributed by atoms with Gasteiger partial charge in [0, 0.05) is 22.0 Å². The fourth-order valence-electron chi connectivity index (χ4n) is 1.63. The summed E-state index contributed by atoms with van der Waals surface area (Å²) in [4.78, 5) is 1.25. The first-order valence-electron chi connectivity index (χ1n) is 5.46. The van der Waals surface area contributed by atoms with Gasteiger partial charge in [-0.3, -0.25) is 0 Å². The van der Waals surface area contributed by atoms with Crippen LogP contribution in [0.5, 0.6) is 0 Å². The Morgan fingerprint density at radius 2 is 1.94 bits per heavy atom. The predicted molar refractivity (Wildman–Crippen MR) is 77.1 cm³/mol. The highest BCUT2D eigenvalue weighted by atomic mass is 32.2. The number of benzene rings is 2. The van der Waals surface area contributed by atoms with Gasteiger partial charge in [-0.1, -0.05) is 12.1 Å². The molecule has 88 valence electrons. The molecule has 0 fully saturated rings. The Balaban J connectivity index is 2.27. The fourth-order valence-corrected chi connectivity index (χ4v) is 2.09. The van der Waals surface area contributed by atoms with Crippen molar-refractivity contribution in [3.8, 4) is 0 Å². The molecule has 0 amide bonds. The van der Waals surface area contributed by atoms with Crippen LogP contribution in [0.15, 0.2) is 47.4 Å². The van der Waals surface area contributed by atoms with Gasteiger partial charge in [0.25, 0.3) is 0 Å². The summed E-state index contributed by atoms with van der Waals surface area (Å²) in [6.07, 6.45) is 2.07. The van der Waals surface area contributed by atoms with Crippen molar-refractivity contribution in [3.05, 3.63) is 48.0 Å². The van der Waals surface area contributed by atoms with E-state index in [1.165, 1.54) is 10.5 Å². The molecule has 0 aliphatic carbocycles. The number of rotatable bonds is 3. The Bertz CT molecular complexity index is 523.